The maximum absolute atomic E-state index is 12.2. The molecule has 0 saturated carbocycles. The number of hydrogen-bond donors (Lipinski definition) is 3. The molecule has 1 heterocycles. The summed E-state index contributed by atoms with van der Waals surface area (Å²) in [6, 6.07) is 4.69. The van der Waals surface area contributed by atoms with Gasteiger partial charge in [-0.1, -0.05) is 6.92 Å². The van der Waals surface area contributed by atoms with Crippen LogP contribution in [-0.4, -0.2) is 42.1 Å². The van der Waals surface area contributed by atoms with Crippen molar-refractivity contribution in [3.05, 3.63) is 23.8 Å². The van der Waals surface area contributed by atoms with Crippen LogP contribution in [0.1, 0.15) is 30.6 Å². The number of nitrogens with one attached hydrogen (secondary N) is 2. The van der Waals surface area contributed by atoms with Crippen LogP contribution in [0.3, 0.4) is 0 Å². The molecule has 1 aromatic carbocycles. The van der Waals surface area contributed by atoms with Crippen molar-refractivity contribution in [3.8, 4) is 5.75 Å². The van der Waals surface area contributed by atoms with E-state index in [1.54, 1.807) is 25.1 Å². The van der Waals surface area contributed by atoms with E-state index in [2.05, 4.69) is 17.6 Å². The second-order valence-electron chi connectivity index (χ2n) is 5.10. The molecule has 21 heavy (non-hydrogen) atoms. The summed E-state index contributed by atoms with van der Waals surface area (Å²) >= 11 is 0. The Labute approximate surface area is 123 Å². The summed E-state index contributed by atoms with van der Waals surface area (Å²) in [5, 5.41) is 14.6. The standard InChI is InChI=1S/C15H20N2O4/c1-3-11-7-17-12-6-10(4-5-13(12)21-11)15(20)9(2)16-8-14(18)19/h4-6,9,11,16-17H,3,7-8H2,1-2H3,(H,18,19). The zero-order valence-corrected chi connectivity index (χ0v) is 12.2. The number of benzene rings is 1. The van der Waals surface area contributed by atoms with E-state index in [0.717, 1.165) is 17.9 Å². The van der Waals surface area contributed by atoms with Gasteiger partial charge in [0.15, 0.2) is 5.78 Å². The van der Waals surface area contributed by atoms with E-state index in [4.69, 9.17) is 9.84 Å². The molecule has 0 amide bonds. The minimum atomic E-state index is -0.985. The molecular weight excluding hydrogens is 272 g/mol. The summed E-state index contributed by atoms with van der Waals surface area (Å²) < 4.78 is 5.79. The van der Waals surface area contributed by atoms with Gasteiger partial charge in [0.25, 0.3) is 0 Å². The third-order valence-corrected chi connectivity index (χ3v) is 3.49. The van der Waals surface area contributed by atoms with Crippen LogP contribution in [0.25, 0.3) is 0 Å². The first-order valence-corrected chi connectivity index (χ1v) is 7.05. The molecule has 0 bridgehead atoms. The number of aliphatic carboxylic acids is 1. The van der Waals surface area contributed by atoms with Crippen molar-refractivity contribution in [2.24, 2.45) is 0 Å². The topological polar surface area (TPSA) is 87.7 Å². The number of carbonyl (C=O) groups is 2. The highest BCUT2D eigenvalue weighted by atomic mass is 16.5. The highest BCUT2D eigenvalue weighted by Crippen LogP contribution is 2.30. The Morgan fingerprint density at radius 2 is 2.29 bits per heavy atom. The van der Waals surface area contributed by atoms with Crippen LogP contribution in [-0.2, 0) is 4.79 Å². The number of hydrogen-bond acceptors (Lipinski definition) is 5. The Hall–Kier alpha value is -2.08. The molecule has 0 spiro atoms. The second kappa shape index (κ2) is 6.58. The van der Waals surface area contributed by atoms with Crippen molar-refractivity contribution in [1.29, 1.82) is 0 Å². The average molecular weight is 292 g/mol. The fourth-order valence-electron chi connectivity index (χ4n) is 2.18. The number of Topliss-reactive ketones (excluding diaryl/α,β-unsaturated/α-hetero) is 1. The molecule has 0 fully saturated rings. The van der Waals surface area contributed by atoms with Gasteiger partial charge in [-0.15, -0.1) is 0 Å². The molecule has 2 rings (SSSR count). The number of carbonyl (C=O) groups excluding carboxylic acids is 1. The third-order valence-electron chi connectivity index (χ3n) is 3.49. The molecule has 1 aliphatic rings. The summed E-state index contributed by atoms with van der Waals surface area (Å²) in [5.41, 5.74) is 1.33. The molecule has 0 aromatic heterocycles. The Morgan fingerprint density at radius 3 is 2.95 bits per heavy atom. The van der Waals surface area contributed by atoms with Crippen LogP contribution in [0, 0.1) is 0 Å². The van der Waals surface area contributed by atoms with Crippen LogP contribution in [0.5, 0.6) is 5.75 Å². The lowest BCUT2D eigenvalue weighted by Crippen LogP contribution is -2.37. The molecule has 0 aliphatic carbocycles. The van der Waals surface area contributed by atoms with Crippen molar-refractivity contribution >= 4 is 17.4 Å². The Morgan fingerprint density at radius 1 is 1.52 bits per heavy atom. The van der Waals surface area contributed by atoms with Gasteiger partial charge in [-0.05, 0) is 31.5 Å². The zero-order valence-electron chi connectivity index (χ0n) is 12.2. The summed E-state index contributed by atoms with van der Waals surface area (Å²) in [7, 11) is 0. The first-order valence-electron chi connectivity index (χ1n) is 7.05. The summed E-state index contributed by atoms with van der Waals surface area (Å²) in [4.78, 5) is 22.8. The molecule has 1 aromatic rings. The largest absolute Gasteiger partial charge is 0.486 e. The fraction of sp³-hybridized carbons (Fsp3) is 0.467. The van der Waals surface area contributed by atoms with Crippen LogP contribution >= 0.6 is 0 Å². The number of anilines is 1. The Kier molecular flexibility index (Phi) is 4.80. The molecule has 1 aliphatic heterocycles. The van der Waals surface area contributed by atoms with E-state index in [1.807, 2.05) is 0 Å². The maximum atomic E-state index is 12.2. The maximum Gasteiger partial charge on any atom is 0.317 e. The first-order chi connectivity index (χ1) is 10.0. The predicted octanol–water partition coefficient (Wildman–Crippen LogP) is 1.51. The van der Waals surface area contributed by atoms with Crippen molar-refractivity contribution in [3.63, 3.8) is 0 Å². The number of carboxylic acid groups (broad SMARTS) is 1. The summed E-state index contributed by atoms with van der Waals surface area (Å²) in [6.07, 6.45) is 1.07. The van der Waals surface area contributed by atoms with E-state index in [9.17, 15) is 9.59 Å². The molecular formula is C15H20N2O4. The highest BCUT2D eigenvalue weighted by molar-refractivity contribution is 6.01. The molecule has 114 valence electrons. The summed E-state index contributed by atoms with van der Waals surface area (Å²) in [6.45, 7) is 4.19. The molecule has 3 N–H and O–H groups in total. The highest BCUT2D eigenvalue weighted by Gasteiger charge is 2.21. The molecule has 2 unspecified atom stereocenters. The lowest BCUT2D eigenvalue weighted by atomic mass is 10.0. The smallest absolute Gasteiger partial charge is 0.317 e. The van der Waals surface area contributed by atoms with Gasteiger partial charge in [0.05, 0.1) is 24.8 Å². The molecule has 6 heteroatoms. The normalized spacial score (nSPS) is 18.1. The lowest BCUT2D eigenvalue weighted by molar-refractivity contribution is -0.136. The van der Waals surface area contributed by atoms with Gasteiger partial charge in [0, 0.05) is 5.56 Å². The van der Waals surface area contributed by atoms with Gasteiger partial charge in [-0.3, -0.25) is 14.9 Å². The number of carboxylic acids is 1. The lowest BCUT2D eigenvalue weighted by Gasteiger charge is -2.27. The minimum Gasteiger partial charge on any atom is -0.486 e. The predicted molar refractivity (Wildman–Crippen MR) is 79.1 cm³/mol. The van der Waals surface area contributed by atoms with Gasteiger partial charge in [-0.2, -0.15) is 0 Å². The van der Waals surface area contributed by atoms with Crippen molar-refractivity contribution < 1.29 is 19.4 Å². The van der Waals surface area contributed by atoms with Crippen LogP contribution < -0.4 is 15.4 Å². The summed E-state index contributed by atoms with van der Waals surface area (Å²) in [5.74, 6) is -0.380. The van der Waals surface area contributed by atoms with E-state index in [-0.39, 0.29) is 18.4 Å². The van der Waals surface area contributed by atoms with Crippen molar-refractivity contribution in [1.82, 2.24) is 5.32 Å². The van der Waals surface area contributed by atoms with E-state index in [0.29, 0.717) is 12.1 Å². The van der Waals surface area contributed by atoms with Gasteiger partial charge in [0.2, 0.25) is 0 Å². The monoisotopic (exact) mass is 292 g/mol. The molecule has 0 radical (unpaired) electrons. The Balaban J connectivity index is 2.08. The minimum absolute atomic E-state index is 0.140. The average Bonchev–Trinajstić information content (AvgIpc) is 2.50. The van der Waals surface area contributed by atoms with Crippen molar-refractivity contribution in [2.45, 2.75) is 32.4 Å². The number of ketones is 1. The van der Waals surface area contributed by atoms with Crippen LogP contribution in [0.2, 0.25) is 0 Å². The molecule has 0 saturated heterocycles. The van der Waals surface area contributed by atoms with Crippen LogP contribution in [0.15, 0.2) is 18.2 Å². The SMILES string of the molecule is CCC1CNc2cc(C(=O)C(C)NCC(=O)O)ccc2O1. The van der Waals surface area contributed by atoms with Crippen molar-refractivity contribution in [2.75, 3.05) is 18.4 Å². The number of ether oxygens (including phenoxy) is 1. The van der Waals surface area contributed by atoms with E-state index >= 15 is 0 Å². The third kappa shape index (κ3) is 3.72. The first kappa shape index (κ1) is 15.3. The number of fused-ring (bicyclic) bond motifs is 1. The Bertz CT molecular complexity index is 544. The van der Waals surface area contributed by atoms with Gasteiger partial charge >= 0.3 is 5.97 Å². The van der Waals surface area contributed by atoms with E-state index < -0.39 is 12.0 Å². The quantitative estimate of drug-likeness (QED) is 0.689. The van der Waals surface area contributed by atoms with Gasteiger partial charge < -0.3 is 15.2 Å². The fourth-order valence-corrected chi connectivity index (χ4v) is 2.18. The van der Waals surface area contributed by atoms with Gasteiger partial charge in [0.1, 0.15) is 11.9 Å². The number of rotatable bonds is 6. The van der Waals surface area contributed by atoms with Gasteiger partial charge in [-0.25, -0.2) is 0 Å². The zero-order chi connectivity index (χ0) is 15.4. The van der Waals surface area contributed by atoms with E-state index in [1.165, 1.54) is 0 Å². The van der Waals surface area contributed by atoms with Crippen LogP contribution in [0.4, 0.5) is 5.69 Å². The molecule has 6 nitrogen and oxygen atoms in total. The molecule has 2 atom stereocenters. The second-order valence-corrected chi connectivity index (χ2v) is 5.10.